The van der Waals surface area contributed by atoms with Gasteiger partial charge in [-0.1, -0.05) is 6.07 Å². The first-order valence-corrected chi connectivity index (χ1v) is 6.33. The average Bonchev–Trinajstić information content (AvgIpc) is 2.66. The maximum atomic E-state index is 6.01. The zero-order valence-corrected chi connectivity index (χ0v) is 10.8. The zero-order chi connectivity index (χ0) is 12.3. The number of nitrogens with zero attached hydrogens (tertiary/aromatic N) is 1. The van der Waals surface area contributed by atoms with Crippen molar-refractivity contribution in [1.29, 1.82) is 0 Å². The number of hydrogen-bond acceptors (Lipinski definition) is 3. The molecule has 0 aromatic heterocycles. The van der Waals surface area contributed by atoms with Gasteiger partial charge in [-0.3, -0.25) is 0 Å². The third-order valence-electron chi connectivity index (χ3n) is 3.26. The summed E-state index contributed by atoms with van der Waals surface area (Å²) in [4.78, 5) is 2.17. The molecule has 0 saturated heterocycles. The van der Waals surface area contributed by atoms with Crippen LogP contribution < -0.4 is 10.5 Å². The molecule has 1 aliphatic rings. The van der Waals surface area contributed by atoms with Crippen LogP contribution in [0.3, 0.4) is 0 Å². The minimum atomic E-state index is 0.229. The Morgan fingerprint density at radius 2 is 2.24 bits per heavy atom. The third kappa shape index (κ3) is 3.20. The van der Waals surface area contributed by atoms with Crippen LogP contribution in [0.4, 0.5) is 0 Å². The van der Waals surface area contributed by atoms with E-state index in [1.165, 1.54) is 11.1 Å². The molecule has 0 radical (unpaired) electrons. The predicted octanol–water partition coefficient (Wildman–Crippen LogP) is 1.96. The Morgan fingerprint density at radius 3 is 3.00 bits per heavy atom. The molecular formula is C14H22N2O. The van der Waals surface area contributed by atoms with E-state index in [4.69, 9.17) is 10.5 Å². The molecule has 1 aliphatic carbocycles. The van der Waals surface area contributed by atoms with Crippen molar-refractivity contribution in [2.24, 2.45) is 5.73 Å². The van der Waals surface area contributed by atoms with Crippen LogP contribution in [0.25, 0.3) is 0 Å². The SMILES string of the molecule is CN(C)CCCOc1ccc2c(c1)CC[C@@H]2N. The second kappa shape index (κ2) is 5.52. The molecule has 17 heavy (non-hydrogen) atoms. The molecule has 0 bridgehead atoms. The number of benzene rings is 1. The first-order chi connectivity index (χ1) is 8.16. The Morgan fingerprint density at radius 1 is 1.41 bits per heavy atom. The molecule has 0 fully saturated rings. The van der Waals surface area contributed by atoms with Crippen LogP contribution in [-0.2, 0) is 6.42 Å². The van der Waals surface area contributed by atoms with Crippen molar-refractivity contribution < 1.29 is 4.74 Å². The molecule has 1 aromatic carbocycles. The molecule has 2 N–H and O–H groups in total. The van der Waals surface area contributed by atoms with E-state index in [1.54, 1.807) is 0 Å². The monoisotopic (exact) mass is 234 g/mol. The molecule has 1 atom stereocenters. The van der Waals surface area contributed by atoms with Gasteiger partial charge in [-0.25, -0.2) is 0 Å². The third-order valence-corrected chi connectivity index (χ3v) is 3.26. The van der Waals surface area contributed by atoms with Gasteiger partial charge in [0.2, 0.25) is 0 Å². The van der Waals surface area contributed by atoms with Gasteiger partial charge in [0.1, 0.15) is 5.75 Å². The fourth-order valence-electron chi connectivity index (χ4n) is 2.29. The van der Waals surface area contributed by atoms with Gasteiger partial charge in [0.05, 0.1) is 6.61 Å². The van der Waals surface area contributed by atoms with Gasteiger partial charge >= 0.3 is 0 Å². The lowest BCUT2D eigenvalue weighted by molar-refractivity contribution is 0.281. The molecule has 0 spiro atoms. The van der Waals surface area contributed by atoms with Gasteiger partial charge < -0.3 is 15.4 Å². The lowest BCUT2D eigenvalue weighted by Gasteiger charge is -2.11. The van der Waals surface area contributed by atoms with Gasteiger partial charge in [-0.05, 0) is 56.6 Å². The number of fused-ring (bicyclic) bond motifs is 1. The van der Waals surface area contributed by atoms with Crippen molar-refractivity contribution >= 4 is 0 Å². The summed E-state index contributed by atoms with van der Waals surface area (Å²) in [6.45, 7) is 1.85. The van der Waals surface area contributed by atoms with Gasteiger partial charge in [-0.15, -0.1) is 0 Å². The molecule has 0 amide bonds. The molecule has 3 heteroatoms. The number of nitrogens with two attached hydrogens (primary N) is 1. The fourth-order valence-corrected chi connectivity index (χ4v) is 2.29. The largest absolute Gasteiger partial charge is 0.494 e. The van der Waals surface area contributed by atoms with E-state index in [0.717, 1.165) is 38.2 Å². The fraction of sp³-hybridized carbons (Fsp3) is 0.571. The summed E-state index contributed by atoms with van der Waals surface area (Å²) in [6, 6.07) is 6.54. The molecular weight excluding hydrogens is 212 g/mol. The van der Waals surface area contributed by atoms with Crippen LogP contribution in [0.1, 0.15) is 30.0 Å². The molecule has 0 heterocycles. The van der Waals surface area contributed by atoms with Crippen molar-refractivity contribution in [3.8, 4) is 5.75 Å². The van der Waals surface area contributed by atoms with E-state index >= 15 is 0 Å². The van der Waals surface area contributed by atoms with Gasteiger partial charge in [0.15, 0.2) is 0 Å². The van der Waals surface area contributed by atoms with Gasteiger partial charge in [-0.2, -0.15) is 0 Å². The number of ether oxygens (including phenoxy) is 1. The summed E-state index contributed by atoms with van der Waals surface area (Å²) in [5.41, 5.74) is 8.67. The van der Waals surface area contributed by atoms with Crippen LogP contribution >= 0.6 is 0 Å². The van der Waals surface area contributed by atoms with Crippen molar-refractivity contribution in [2.75, 3.05) is 27.2 Å². The summed E-state index contributed by atoms with van der Waals surface area (Å²) < 4.78 is 5.75. The highest BCUT2D eigenvalue weighted by atomic mass is 16.5. The first kappa shape index (κ1) is 12.4. The Bertz CT molecular complexity index is 376. The lowest BCUT2D eigenvalue weighted by Crippen LogP contribution is -2.15. The predicted molar refractivity (Wildman–Crippen MR) is 70.4 cm³/mol. The smallest absolute Gasteiger partial charge is 0.119 e. The topological polar surface area (TPSA) is 38.5 Å². The highest BCUT2D eigenvalue weighted by Crippen LogP contribution is 2.31. The lowest BCUT2D eigenvalue weighted by atomic mass is 10.1. The number of hydrogen-bond donors (Lipinski definition) is 1. The molecule has 0 unspecified atom stereocenters. The summed E-state index contributed by atoms with van der Waals surface area (Å²) in [5, 5.41) is 0. The number of aryl methyl sites for hydroxylation is 1. The minimum Gasteiger partial charge on any atom is -0.494 e. The Balaban J connectivity index is 1.86. The van der Waals surface area contributed by atoms with Crippen LogP contribution in [0, 0.1) is 0 Å². The maximum absolute atomic E-state index is 6.01. The van der Waals surface area contributed by atoms with Crippen molar-refractivity contribution in [3.63, 3.8) is 0 Å². The first-order valence-electron chi connectivity index (χ1n) is 6.33. The van der Waals surface area contributed by atoms with Crippen LogP contribution in [0.2, 0.25) is 0 Å². The van der Waals surface area contributed by atoms with Crippen LogP contribution in [-0.4, -0.2) is 32.1 Å². The normalized spacial score (nSPS) is 18.5. The van der Waals surface area contributed by atoms with Gasteiger partial charge in [0.25, 0.3) is 0 Å². The Kier molecular flexibility index (Phi) is 4.02. The van der Waals surface area contributed by atoms with Crippen molar-refractivity contribution in [3.05, 3.63) is 29.3 Å². The summed E-state index contributed by atoms with van der Waals surface area (Å²) in [6.07, 6.45) is 3.22. The summed E-state index contributed by atoms with van der Waals surface area (Å²) in [5.74, 6) is 0.983. The zero-order valence-electron chi connectivity index (χ0n) is 10.8. The summed E-state index contributed by atoms with van der Waals surface area (Å²) >= 11 is 0. The van der Waals surface area contributed by atoms with E-state index in [-0.39, 0.29) is 6.04 Å². The van der Waals surface area contributed by atoms with Crippen molar-refractivity contribution in [1.82, 2.24) is 4.90 Å². The van der Waals surface area contributed by atoms with E-state index in [1.807, 2.05) is 6.07 Å². The molecule has 3 nitrogen and oxygen atoms in total. The second-order valence-corrected chi connectivity index (χ2v) is 5.01. The second-order valence-electron chi connectivity index (χ2n) is 5.01. The maximum Gasteiger partial charge on any atom is 0.119 e. The Hall–Kier alpha value is -1.06. The quantitative estimate of drug-likeness (QED) is 0.792. The van der Waals surface area contributed by atoms with Crippen LogP contribution in [0.5, 0.6) is 5.75 Å². The van der Waals surface area contributed by atoms with Gasteiger partial charge in [0, 0.05) is 12.6 Å². The average molecular weight is 234 g/mol. The van der Waals surface area contributed by atoms with E-state index in [0.29, 0.717) is 0 Å². The highest BCUT2D eigenvalue weighted by Gasteiger charge is 2.18. The standard InChI is InChI=1S/C14H22N2O/c1-16(2)8-3-9-17-12-5-6-13-11(10-12)4-7-14(13)15/h5-6,10,14H,3-4,7-9,15H2,1-2H3/t14-/m0/s1. The highest BCUT2D eigenvalue weighted by molar-refractivity contribution is 5.40. The molecule has 0 saturated carbocycles. The van der Waals surface area contributed by atoms with E-state index in [2.05, 4.69) is 31.1 Å². The van der Waals surface area contributed by atoms with E-state index in [9.17, 15) is 0 Å². The molecule has 94 valence electrons. The number of rotatable bonds is 5. The van der Waals surface area contributed by atoms with Crippen molar-refractivity contribution in [2.45, 2.75) is 25.3 Å². The van der Waals surface area contributed by atoms with Crippen LogP contribution in [0.15, 0.2) is 18.2 Å². The summed E-state index contributed by atoms with van der Waals surface area (Å²) in [7, 11) is 4.16. The molecule has 2 rings (SSSR count). The molecule has 1 aromatic rings. The molecule has 0 aliphatic heterocycles. The Labute approximate surface area is 104 Å². The van der Waals surface area contributed by atoms with E-state index < -0.39 is 0 Å². The minimum absolute atomic E-state index is 0.229.